The van der Waals surface area contributed by atoms with Gasteiger partial charge in [0.2, 0.25) is 5.82 Å². The minimum Gasteiger partial charge on any atom is -0.392 e. The molecule has 0 bridgehead atoms. The van der Waals surface area contributed by atoms with E-state index < -0.39 is 0 Å². The van der Waals surface area contributed by atoms with Crippen molar-refractivity contribution in [1.82, 2.24) is 9.88 Å². The fourth-order valence-electron chi connectivity index (χ4n) is 2.79. The smallest absolute Gasteiger partial charge is 0.311 e. The van der Waals surface area contributed by atoms with Crippen molar-refractivity contribution in [3.05, 3.63) is 27.9 Å². The van der Waals surface area contributed by atoms with E-state index in [1.165, 1.54) is 0 Å². The van der Waals surface area contributed by atoms with Gasteiger partial charge in [-0.15, -0.1) is 0 Å². The zero-order valence-corrected chi connectivity index (χ0v) is 12.7. The minimum absolute atomic E-state index is 0.0610. The Kier molecular flexibility index (Phi) is 4.74. The van der Waals surface area contributed by atoms with Crippen molar-refractivity contribution in [2.24, 2.45) is 0 Å². The molecule has 1 aliphatic rings. The lowest BCUT2D eigenvalue weighted by atomic mass is 10.1. The average molecular weight is 294 g/mol. The van der Waals surface area contributed by atoms with Gasteiger partial charge in [0.1, 0.15) is 0 Å². The number of pyridine rings is 1. The molecule has 7 heteroatoms. The standard InChI is InChI=1S/C14H22N4O3/c1-10-6-13(18(20)21)14(15-7-10)17-5-4-16(8-11(17)2)9-12(3)19/h6-7,11-12,19H,4-5,8-9H2,1-3H3. The number of aromatic nitrogens is 1. The van der Waals surface area contributed by atoms with Crippen LogP contribution in [0.25, 0.3) is 0 Å². The number of hydrogen-bond acceptors (Lipinski definition) is 6. The van der Waals surface area contributed by atoms with E-state index in [4.69, 9.17) is 0 Å². The topological polar surface area (TPSA) is 82.7 Å². The summed E-state index contributed by atoms with van der Waals surface area (Å²) < 4.78 is 0. The van der Waals surface area contributed by atoms with E-state index in [0.717, 1.165) is 18.7 Å². The second kappa shape index (κ2) is 6.36. The van der Waals surface area contributed by atoms with Crippen LogP contribution in [-0.2, 0) is 0 Å². The quantitative estimate of drug-likeness (QED) is 0.663. The first-order valence-electron chi connectivity index (χ1n) is 7.16. The number of nitro groups is 1. The molecule has 1 aromatic heterocycles. The van der Waals surface area contributed by atoms with Crippen molar-refractivity contribution in [3.63, 3.8) is 0 Å². The van der Waals surface area contributed by atoms with Crippen LogP contribution in [0.3, 0.4) is 0 Å². The maximum Gasteiger partial charge on any atom is 0.311 e. The second-order valence-corrected chi connectivity index (χ2v) is 5.76. The van der Waals surface area contributed by atoms with Crippen molar-refractivity contribution in [2.45, 2.75) is 32.9 Å². The molecule has 1 fully saturated rings. The van der Waals surface area contributed by atoms with Gasteiger partial charge in [0, 0.05) is 44.5 Å². The molecule has 116 valence electrons. The lowest BCUT2D eigenvalue weighted by Crippen LogP contribution is -2.53. The summed E-state index contributed by atoms with van der Waals surface area (Å²) in [7, 11) is 0. The molecule has 1 saturated heterocycles. The molecule has 0 spiro atoms. The highest BCUT2D eigenvalue weighted by Gasteiger charge is 2.30. The molecule has 1 N–H and O–H groups in total. The molecule has 0 aromatic carbocycles. The van der Waals surface area contributed by atoms with Crippen LogP contribution in [-0.4, -0.2) is 58.2 Å². The van der Waals surface area contributed by atoms with Crippen LogP contribution >= 0.6 is 0 Å². The van der Waals surface area contributed by atoms with Crippen LogP contribution < -0.4 is 4.90 Å². The Hall–Kier alpha value is -1.73. The SMILES string of the molecule is Cc1cnc(N2CCN(CC(C)O)CC2C)c([N+](=O)[O-])c1. The van der Waals surface area contributed by atoms with Gasteiger partial charge in [0.25, 0.3) is 0 Å². The molecule has 1 aromatic rings. The van der Waals surface area contributed by atoms with Crippen LogP contribution in [0.15, 0.2) is 12.3 Å². The molecule has 7 nitrogen and oxygen atoms in total. The van der Waals surface area contributed by atoms with Crippen molar-refractivity contribution in [3.8, 4) is 0 Å². The highest BCUT2D eigenvalue weighted by molar-refractivity contribution is 5.59. The van der Waals surface area contributed by atoms with E-state index in [9.17, 15) is 15.2 Å². The van der Waals surface area contributed by atoms with E-state index in [0.29, 0.717) is 18.9 Å². The Morgan fingerprint density at radius 1 is 1.57 bits per heavy atom. The van der Waals surface area contributed by atoms with E-state index in [-0.39, 0.29) is 22.8 Å². The lowest BCUT2D eigenvalue weighted by molar-refractivity contribution is -0.384. The van der Waals surface area contributed by atoms with Crippen molar-refractivity contribution in [2.75, 3.05) is 31.1 Å². The predicted molar refractivity (Wildman–Crippen MR) is 80.6 cm³/mol. The van der Waals surface area contributed by atoms with Gasteiger partial charge in [-0.05, 0) is 26.3 Å². The number of hydrogen-bond donors (Lipinski definition) is 1. The highest BCUT2D eigenvalue weighted by atomic mass is 16.6. The van der Waals surface area contributed by atoms with Crippen LogP contribution in [0.2, 0.25) is 0 Å². The number of β-amino-alcohol motifs (C(OH)–C–C–N with tert-alkyl or cyclic N) is 1. The predicted octanol–water partition coefficient (Wildman–Crippen LogP) is 1.19. The van der Waals surface area contributed by atoms with Crippen LogP contribution in [0.5, 0.6) is 0 Å². The first kappa shape index (κ1) is 15.7. The van der Waals surface area contributed by atoms with Gasteiger partial charge in [-0.3, -0.25) is 15.0 Å². The fraction of sp³-hybridized carbons (Fsp3) is 0.643. The van der Waals surface area contributed by atoms with Gasteiger partial charge >= 0.3 is 5.69 Å². The number of aryl methyl sites for hydroxylation is 1. The van der Waals surface area contributed by atoms with Crippen LogP contribution in [0, 0.1) is 17.0 Å². The fourth-order valence-corrected chi connectivity index (χ4v) is 2.79. The zero-order chi connectivity index (χ0) is 15.6. The molecule has 21 heavy (non-hydrogen) atoms. The second-order valence-electron chi connectivity index (χ2n) is 5.76. The van der Waals surface area contributed by atoms with Crippen LogP contribution in [0.1, 0.15) is 19.4 Å². The summed E-state index contributed by atoms with van der Waals surface area (Å²) in [6.45, 7) is 8.42. The number of anilines is 1. The summed E-state index contributed by atoms with van der Waals surface area (Å²) in [5.74, 6) is 0.440. The van der Waals surface area contributed by atoms with Gasteiger partial charge in [-0.2, -0.15) is 0 Å². The van der Waals surface area contributed by atoms with E-state index in [1.807, 2.05) is 11.8 Å². The Balaban J connectivity index is 2.18. The Morgan fingerprint density at radius 2 is 2.29 bits per heavy atom. The van der Waals surface area contributed by atoms with Crippen molar-refractivity contribution < 1.29 is 10.0 Å². The maximum atomic E-state index is 11.2. The number of piperazine rings is 1. The van der Waals surface area contributed by atoms with Crippen molar-refractivity contribution >= 4 is 11.5 Å². The Bertz CT molecular complexity index is 521. The third-order valence-corrected chi connectivity index (χ3v) is 3.69. The molecule has 0 aliphatic carbocycles. The first-order valence-corrected chi connectivity index (χ1v) is 7.16. The molecule has 2 rings (SSSR count). The maximum absolute atomic E-state index is 11.2. The molecule has 2 atom stereocenters. The molecule has 2 heterocycles. The normalized spacial score (nSPS) is 21.3. The van der Waals surface area contributed by atoms with Gasteiger partial charge in [-0.25, -0.2) is 4.98 Å². The molecule has 0 amide bonds. The lowest BCUT2D eigenvalue weighted by Gasteiger charge is -2.40. The molecule has 0 saturated carbocycles. The summed E-state index contributed by atoms with van der Waals surface area (Å²) in [6, 6.07) is 1.68. The Labute approximate surface area is 124 Å². The molecule has 1 aliphatic heterocycles. The monoisotopic (exact) mass is 294 g/mol. The van der Waals surface area contributed by atoms with E-state index >= 15 is 0 Å². The molecular weight excluding hydrogens is 272 g/mol. The third kappa shape index (κ3) is 3.68. The van der Waals surface area contributed by atoms with Gasteiger partial charge in [-0.1, -0.05) is 0 Å². The largest absolute Gasteiger partial charge is 0.392 e. The van der Waals surface area contributed by atoms with Gasteiger partial charge < -0.3 is 10.0 Å². The molecule has 2 unspecified atom stereocenters. The highest BCUT2D eigenvalue weighted by Crippen LogP contribution is 2.29. The summed E-state index contributed by atoms with van der Waals surface area (Å²) in [5, 5.41) is 20.7. The minimum atomic E-state index is -0.371. The zero-order valence-electron chi connectivity index (χ0n) is 12.7. The number of nitrogens with zero attached hydrogens (tertiary/aromatic N) is 4. The summed E-state index contributed by atoms with van der Waals surface area (Å²) in [4.78, 5) is 19.3. The number of aliphatic hydroxyl groups excluding tert-OH is 1. The van der Waals surface area contributed by atoms with Crippen LogP contribution in [0.4, 0.5) is 11.5 Å². The Morgan fingerprint density at radius 3 is 2.86 bits per heavy atom. The summed E-state index contributed by atoms with van der Waals surface area (Å²) in [6.07, 6.45) is 1.30. The van der Waals surface area contributed by atoms with Gasteiger partial charge in [0.05, 0.1) is 11.0 Å². The van der Waals surface area contributed by atoms with E-state index in [2.05, 4.69) is 9.88 Å². The summed E-state index contributed by atoms with van der Waals surface area (Å²) >= 11 is 0. The first-order chi connectivity index (χ1) is 9.88. The summed E-state index contributed by atoms with van der Waals surface area (Å²) in [5.41, 5.74) is 0.844. The van der Waals surface area contributed by atoms with Gasteiger partial charge in [0.15, 0.2) is 0 Å². The number of rotatable bonds is 4. The number of aliphatic hydroxyl groups is 1. The molecular formula is C14H22N4O3. The average Bonchev–Trinajstić information content (AvgIpc) is 2.38. The van der Waals surface area contributed by atoms with Crippen molar-refractivity contribution in [1.29, 1.82) is 0 Å². The molecule has 0 radical (unpaired) electrons. The third-order valence-electron chi connectivity index (χ3n) is 3.69. The van der Waals surface area contributed by atoms with E-state index in [1.54, 1.807) is 26.1 Å².